The summed E-state index contributed by atoms with van der Waals surface area (Å²) in [4.78, 5) is 0. The van der Waals surface area contributed by atoms with Gasteiger partial charge in [0.25, 0.3) is 0 Å². The van der Waals surface area contributed by atoms with Crippen LogP contribution in [0.2, 0.25) is 0 Å². The summed E-state index contributed by atoms with van der Waals surface area (Å²) in [6.45, 7) is 5.97. The van der Waals surface area contributed by atoms with Crippen molar-refractivity contribution in [2.75, 3.05) is 6.54 Å². The molecule has 4 aliphatic rings. The highest BCUT2D eigenvalue weighted by Crippen LogP contribution is 2.69. The fourth-order valence-corrected chi connectivity index (χ4v) is 5.91. The first-order valence-electron chi connectivity index (χ1n) is 6.17. The number of nitrogens with two attached hydrogens (primary N) is 1. The molecule has 0 aromatic carbocycles. The maximum absolute atomic E-state index is 6.05. The molecule has 4 bridgehead atoms. The van der Waals surface area contributed by atoms with Gasteiger partial charge < -0.3 is 5.73 Å². The topological polar surface area (TPSA) is 26.0 Å². The van der Waals surface area contributed by atoms with E-state index in [0.717, 1.165) is 12.5 Å². The van der Waals surface area contributed by atoms with Crippen LogP contribution in [-0.4, -0.2) is 6.54 Å². The van der Waals surface area contributed by atoms with Gasteiger partial charge in [0.05, 0.1) is 0 Å². The standard InChI is InChI=1S/C13H23N.ClH/c1-11-3-10-4-12(2,6-11)8-13(5-10,7-11)9-14;/h10H,3-9,14H2,1-2H3;1H. The SMILES string of the molecule is CC12CC3CC(C)(C1)CC(CN)(C3)C2.Cl. The third-order valence-electron chi connectivity index (χ3n) is 5.17. The van der Waals surface area contributed by atoms with E-state index in [-0.39, 0.29) is 12.4 Å². The van der Waals surface area contributed by atoms with Crippen molar-refractivity contribution in [1.29, 1.82) is 0 Å². The first-order valence-corrected chi connectivity index (χ1v) is 6.17. The summed E-state index contributed by atoms with van der Waals surface area (Å²) in [7, 11) is 0. The van der Waals surface area contributed by atoms with E-state index in [0.29, 0.717) is 16.2 Å². The molecule has 2 atom stereocenters. The third kappa shape index (κ3) is 1.63. The van der Waals surface area contributed by atoms with Crippen molar-refractivity contribution in [3.63, 3.8) is 0 Å². The van der Waals surface area contributed by atoms with Gasteiger partial charge >= 0.3 is 0 Å². The Morgan fingerprint density at radius 1 is 1.00 bits per heavy atom. The van der Waals surface area contributed by atoms with E-state index < -0.39 is 0 Å². The van der Waals surface area contributed by atoms with E-state index in [9.17, 15) is 0 Å². The van der Waals surface area contributed by atoms with Crippen LogP contribution in [0.25, 0.3) is 0 Å². The molecule has 0 aromatic rings. The summed E-state index contributed by atoms with van der Waals surface area (Å²) in [5, 5.41) is 0. The molecular weight excluding hydrogens is 206 g/mol. The van der Waals surface area contributed by atoms with Crippen LogP contribution < -0.4 is 5.73 Å². The zero-order chi connectivity index (χ0) is 10.0. The molecule has 0 radical (unpaired) electrons. The second-order valence-corrected chi connectivity index (χ2v) is 7.33. The van der Waals surface area contributed by atoms with Crippen LogP contribution in [0.4, 0.5) is 0 Å². The minimum absolute atomic E-state index is 0. The van der Waals surface area contributed by atoms with E-state index >= 15 is 0 Å². The first kappa shape index (κ1) is 11.7. The Morgan fingerprint density at radius 2 is 1.53 bits per heavy atom. The summed E-state index contributed by atoms with van der Waals surface area (Å²) in [6, 6.07) is 0. The lowest BCUT2D eigenvalue weighted by atomic mass is 9.40. The van der Waals surface area contributed by atoms with E-state index in [1.165, 1.54) is 38.5 Å². The zero-order valence-corrected chi connectivity index (χ0v) is 10.8. The number of halogens is 1. The monoisotopic (exact) mass is 229 g/mol. The average molecular weight is 230 g/mol. The second-order valence-electron chi connectivity index (χ2n) is 7.33. The highest BCUT2D eigenvalue weighted by atomic mass is 35.5. The molecule has 4 aliphatic carbocycles. The van der Waals surface area contributed by atoms with Crippen molar-refractivity contribution in [3.8, 4) is 0 Å². The van der Waals surface area contributed by atoms with Crippen LogP contribution in [0, 0.1) is 22.2 Å². The Balaban J connectivity index is 0.000000853. The van der Waals surface area contributed by atoms with Gasteiger partial charge in [-0.2, -0.15) is 0 Å². The Hall–Kier alpha value is 0.250. The molecule has 1 nitrogen and oxygen atoms in total. The lowest BCUT2D eigenvalue weighted by molar-refractivity contribution is -0.140. The number of rotatable bonds is 1. The molecule has 4 fully saturated rings. The minimum atomic E-state index is 0. The average Bonchev–Trinajstić information content (AvgIpc) is 1.97. The van der Waals surface area contributed by atoms with Crippen LogP contribution >= 0.6 is 12.4 Å². The molecular formula is C13H24ClN. The molecule has 0 aromatic heterocycles. The maximum atomic E-state index is 6.05. The predicted octanol–water partition coefficient (Wildman–Crippen LogP) is 3.36. The Labute approximate surface area is 99.6 Å². The number of hydrogen-bond donors (Lipinski definition) is 1. The van der Waals surface area contributed by atoms with Gasteiger partial charge in [0.1, 0.15) is 0 Å². The molecule has 0 saturated heterocycles. The van der Waals surface area contributed by atoms with E-state index in [4.69, 9.17) is 5.73 Å². The van der Waals surface area contributed by atoms with Gasteiger partial charge in [0, 0.05) is 0 Å². The molecule has 88 valence electrons. The molecule has 15 heavy (non-hydrogen) atoms. The molecule has 0 aliphatic heterocycles. The van der Waals surface area contributed by atoms with Crippen molar-refractivity contribution >= 4 is 12.4 Å². The molecule has 0 spiro atoms. The largest absolute Gasteiger partial charge is 0.330 e. The van der Waals surface area contributed by atoms with Crippen molar-refractivity contribution in [3.05, 3.63) is 0 Å². The van der Waals surface area contributed by atoms with Gasteiger partial charge in [-0.15, -0.1) is 12.4 Å². The van der Waals surface area contributed by atoms with Gasteiger partial charge in [-0.05, 0) is 67.2 Å². The molecule has 0 amide bonds. The van der Waals surface area contributed by atoms with Gasteiger partial charge in [0.15, 0.2) is 0 Å². The van der Waals surface area contributed by atoms with Crippen LogP contribution in [0.1, 0.15) is 52.4 Å². The summed E-state index contributed by atoms with van der Waals surface area (Å²) < 4.78 is 0. The van der Waals surface area contributed by atoms with Gasteiger partial charge in [-0.25, -0.2) is 0 Å². The van der Waals surface area contributed by atoms with Crippen LogP contribution in [0.15, 0.2) is 0 Å². The van der Waals surface area contributed by atoms with E-state index in [1.54, 1.807) is 0 Å². The first-order chi connectivity index (χ1) is 6.47. The molecule has 4 saturated carbocycles. The highest BCUT2D eigenvalue weighted by molar-refractivity contribution is 5.85. The Kier molecular flexibility index (Phi) is 2.45. The lowest BCUT2D eigenvalue weighted by Crippen LogP contribution is -2.57. The number of hydrogen-bond acceptors (Lipinski definition) is 1. The zero-order valence-electron chi connectivity index (χ0n) is 10.0. The van der Waals surface area contributed by atoms with Gasteiger partial charge in [-0.1, -0.05) is 13.8 Å². The Morgan fingerprint density at radius 3 is 1.93 bits per heavy atom. The normalized spacial score (nSPS) is 56.6. The van der Waals surface area contributed by atoms with Crippen LogP contribution in [0.5, 0.6) is 0 Å². The molecule has 4 rings (SSSR count). The quantitative estimate of drug-likeness (QED) is 0.733. The molecule has 2 N–H and O–H groups in total. The van der Waals surface area contributed by atoms with Gasteiger partial charge in [-0.3, -0.25) is 0 Å². The van der Waals surface area contributed by atoms with E-state index in [1.807, 2.05) is 0 Å². The van der Waals surface area contributed by atoms with Crippen molar-refractivity contribution < 1.29 is 0 Å². The van der Waals surface area contributed by atoms with Gasteiger partial charge in [0.2, 0.25) is 0 Å². The lowest BCUT2D eigenvalue weighted by Gasteiger charge is -2.65. The fourth-order valence-electron chi connectivity index (χ4n) is 5.91. The van der Waals surface area contributed by atoms with Crippen LogP contribution in [0.3, 0.4) is 0 Å². The highest BCUT2D eigenvalue weighted by Gasteiger charge is 2.59. The second kappa shape index (κ2) is 3.13. The smallest absolute Gasteiger partial charge is 0.00200 e. The van der Waals surface area contributed by atoms with Crippen molar-refractivity contribution in [1.82, 2.24) is 0 Å². The Bertz CT molecular complexity index is 258. The fraction of sp³-hybridized carbons (Fsp3) is 1.00. The predicted molar refractivity (Wildman–Crippen MR) is 66.1 cm³/mol. The summed E-state index contributed by atoms with van der Waals surface area (Å²) in [6.07, 6.45) is 8.73. The summed E-state index contributed by atoms with van der Waals surface area (Å²) in [5.74, 6) is 1.00. The van der Waals surface area contributed by atoms with Crippen molar-refractivity contribution in [2.45, 2.75) is 52.4 Å². The summed E-state index contributed by atoms with van der Waals surface area (Å²) >= 11 is 0. The van der Waals surface area contributed by atoms with Crippen molar-refractivity contribution in [2.24, 2.45) is 27.9 Å². The maximum Gasteiger partial charge on any atom is -0.00200 e. The third-order valence-corrected chi connectivity index (χ3v) is 5.17. The molecule has 2 heteroatoms. The minimum Gasteiger partial charge on any atom is -0.330 e. The summed E-state index contributed by atoms with van der Waals surface area (Å²) in [5.41, 5.74) is 7.88. The van der Waals surface area contributed by atoms with E-state index in [2.05, 4.69) is 13.8 Å². The van der Waals surface area contributed by atoms with Crippen LogP contribution in [-0.2, 0) is 0 Å². The molecule has 2 unspecified atom stereocenters. The molecule has 0 heterocycles.